The van der Waals surface area contributed by atoms with Crippen LogP contribution in [0, 0.1) is 11.8 Å². The highest BCUT2D eigenvalue weighted by Gasteiger charge is 2.15. The van der Waals surface area contributed by atoms with Gasteiger partial charge in [-0.3, -0.25) is 9.67 Å². The number of hydrogen-bond acceptors (Lipinski definition) is 5. The molecule has 0 bridgehead atoms. The molecule has 0 aromatic carbocycles. The molecular formula is C13H14N4O3S. The van der Waals surface area contributed by atoms with Gasteiger partial charge in [-0.2, -0.15) is 5.10 Å². The monoisotopic (exact) mass is 306 g/mol. The smallest absolute Gasteiger partial charge is 0.242 e. The van der Waals surface area contributed by atoms with Crippen molar-refractivity contribution in [1.82, 2.24) is 19.5 Å². The Kier molecular flexibility index (Phi) is 4.70. The molecule has 0 saturated carbocycles. The minimum absolute atomic E-state index is 0.0168. The lowest BCUT2D eigenvalue weighted by Crippen LogP contribution is -2.23. The summed E-state index contributed by atoms with van der Waals surface area (Å²) in [6.07, 6.45) is 4.40. The summed E-state index contributed by atoms with van der Waals surface area (Å²) in [6.45, 7) is -0.204. The molecule has 7 nitrogen and oxygen atoms in total. The average molecular weight is 306 g/mol. The fourth-order valence-corrected chi connectivity index (χ4v) is 2.57. The Hall–Kier alpha value is -2.21. The Bertz CT molecular complexity index is 787. The van der Waals surface area contributed by atoms with Crippen LogP contribution in [-0.4, -0.2) is 34.9 Å². The third-order valence-corrected chi connectivity index (χ3v) is 3.92. The van der Waals surface area contributed by atoms with Gasteiger partial charge in [-0.1, -0.05) is 11.8 Å². The molecule has 2 heterocycles. The molecular weight excluding hydrogens is 292 g/mol. The summed E-state index contributed by atoms with van der Waals surface area (Å²) in [5.74, 6) is 5.05. The maximum Gasteiger partial charge on any atom is 0.242 e. The fraction of sp³-hybridized carbons (Fsp3) is 0.231. The maximum absolute atomic E-state index is 12.2. The number of nitrogens with one attached hydrogen (secondary N) is 1. The van der Waals surface area contributed by atoms with E-state index in [4.69, 9.17) is 5.11 Å². The summed E-state index contributed by atoms with van der Waals surface area (Å²) in [5, 5.41) is 12.7. The van der Waals surface area contributed by atoms with Crippen LogP contribution in [0.25, 0.3) is 0 Å². The molecule has 2 rings (SSSR count). The van der Waals surface area contributed by atoms with Crippen molar-refractivity contribution in [1.29, 1.82) is 0 Å². The molecule has 110 valence electrons. The molecule has 2 N–H and O–H groups in total. The standard InChI is InChI=1S/C13H14N4O3S/c1-17-5-4-12(16-17)9-15-21(19,20)13-7-11(3-2-6-18)8-14-10-13/h4-5,7-8,10,15,18H,6,9H2,1H3. The normalized spacial score (nSPS) is 11.0. The van der Waals surface area contributed by atoms with Gasteiger partial charge < -0.3 is 5.11 Å². The summed E-state index contributed by atoms with van der Waals surface area (Å²) in [6, 6.07) is 3.13. The SMILES string of the molecule is Cn1ccc(CNS(=O)(=O)c2cncc(C#CCO)c2)n1. The van der Waals surface area contributed by atoms with E-state index in [9.17, 15) is 8.42 Å². The van der Waals surface area contributed by atoms with E-state index in [0.29, 0.717) is 11.3 Å². The van der Waals surface area contributed by atoms with Crippen LogP contribution in [-0.2, 0) is 23.6 Å². The van der Waals surface area contributed by atoms with Crippen molar-refractivity contribution in [2.75, 3.05) is 6.61 Å². The molecule has 0 saturated heterocycles. The molecule has 0 aliphatic carbocycles. The van der Waals surface area contributed by atoms with Crippen LogP contribution in [0.1, 0.15) is 11.3 Å². The minimum Gasteiger partial charge on any atom is -0.384 e. The Morgan fingerprint density at radius 2 is 2.24 bits per heavy atom. The van der Waals surface area contributed by atoms with E-state index in [1.807, 2.05) is 0 Å². The maximum atomic E-state index is 12.2. The zero-order chi connectivity index (χ0) is 15.3. The van der Waals surface area contributed by atoms with Crippen LogP contribution in [0.2, 0.25) is 0 Å². The lowest BCUT2D eigenvalue weighted by molar-refractivity contribution is 0.350. The minimum atomic E-state index is -3.69. The molecule has 0 atom stereocenters. The second kappa shape index (κ2) is 6.49. The highest BCUT2D eigenvalue weighted by molar-refractivity contribution is 7.89. The number of sulfonamides is 1. The Morgan fingerprint density at radius 1 is 1.43 bits per heavy atom. The van der Waals surface area contributed by atoms with Crippen molar-refractivity contribution in [3.05, 3.63) is 42.0 Å². The van der Waals surface area contributed by atoms with Crippen molar-refractivity contribution in [2.45, 2.75) is 11.4 Å². The molecule has 21 heavy (non-hydrogen) atoms. The lowest BCUT2D eigenvalue weighted by Gasteiger charge is -2.05. The predicted molar refractivity (Wildman–Crippen MR) is 75.4 cm³/mol. The van der Waals surface area contributed by atoms with Crippen molar-refractivity contribution < 1.29 is 13.5 Å². The third kappa shape index (κ3) is 4.13. The second-order valence-corrected chi connectivity index (χ2v) is 5.94. The fourth-order valence-electron chi connectivity index (χ4n) is 1.59. The van der Waals surface area contributed by atoms with E-state index in [1.54, 1.807) is 24.0 Å². The summed E-state index contributed by atoms with van der Waals surface area (Å²) in [7, 11) is -1.93. The van der Waals surface area contributed by atoms with E-state index >= 15 is 0 Å². The number of aryl methyl sites for hydroxylation is 1. The molecule has 0 radical (unpaired) electrons. The van der Waals surface area contributed by atoms with Gasteiger partial charge in [0.15, 0.2) is 0 Å². The first-order valence-corrected chi connectivity index (χ1v) is 7.52. The van der Waals surface area contributed by atoms with Gasteiger partial charge in [0.2, 0.25) is 10.0 Å². The molecule has 2 aromatic heterocycles. The number of hydrogen-bond donors (Lipinski definition) is 2. The summed E-state index contributed by atoms with van der Waals surface area (Å²) in [5.41, 5.74) is 1.04. The number of pyridine rings is 1. The van der Waals surface area contributed by atoms with Crippen LogP contribution in [0.3, 0.4) is 0 Å². The quantitative estimate of drug-likeness (QED) is 0.752. The zero-order valence-electron chi connectivity index (χ0n) is 11.3. The molecule has 2 aromatic rings. The number of aliphatic hydroxyl groups excluding tert-OH is 1. The molecule has 0 amide bonds. The van der Waals surface area contributed by atoms with E-state index in [1.165, 1.54) is 18.5 Å². The first-order valence-electron chi connectivity index (χ1n) is 6.04. The Balaban J connectivity index is 2.15. The van der Waals surface area contributed by atoms with Crippen LogP contribution in [0.5, 0.6) is 0 Å². The van der Waals surface area contributed by atoms with Gasteiger partial charge in [0.1, 0.15) is 11.5 Å². The van der Waals surface area contributed by atoms with Crippen molar-refractivity contribution >= 4 is 10.0 Å². The first-order chi connectivity index (χ1) is 10.0. The van der Waals surface area contributed by atoms with Gasteiger partial charge >= 0.3 is 0 Å². The molecule has 0 fully saturated rings. The van der Waals surface area contributed by atoms with Crippen molar-refractivity contribution in [3.8, 4) is 11.8 Å². The molecule has 0 aliphatic rings. The van der Waals surface area contributed by atoms with Crippen molar-refractivity contribution in [2.24, 2.45) is 7.05 Å². The van der Waals surface area contributed by atoms with E-state index in [-0.39, 0.29) is 18.0 Å². The Labute approximate surface area is 122 Å². The number of aromatic nitrogens is 3. The summed E-state index contributed by atoms with van der Waals surface area (Å²) < 4.78 is 28.4. The highest BCUT2D eigenvalue weighted by Crippen LogP contribution is 2.09. The first kappa shape index (κ1) is 15.2. The van der Waals surface area contributed by atoms with E-state index in [2.05, 4.69) is 26.6 Å². The number of aliphatic hydroxyl groups is 1. The van der Waals surface area contributed by atoms with Gasteiger partial charge in [0.25, 0.3) is 0 Å². The van der Waals surface area contributed by atoms with Gasteiger partial charge in [-0.25, -0.2) is 13.1 Å². The van der Waals surface area contributed by atoms with Gasteiger partial charge in [-0.15, -0.1) is 0 Å². The van der Waals surface area contributed by atoms with Gasteiger partial charge in [0.05, 0.1) is 12.2 Å². The zero-order valence-corrected chi connectivity index (χ0v) is 12.1. The molecule has 8 heteroatoms. The van der Waals surface area contributed by atoms with Crippen LogP contribution < -0.4 is 4.72 Å². The Morgan fingerprint density at radius 3 is 2.90 bits per heavy atom. The number of nitrogens with zero attached hydrogens (tertiary/aromatic N) is 3. The van der Waals surface area contributed by atoms with Crippen molar-refractivity contribution in [3.63, 3.8) is 0 Å². The largest absolute Gasteiger partial charge is 0.384 e. The average Bonchev–Trinajstić information content (AvgIpc) is 2.89. The van der Waals surface area contributed by atoms with Gasteiger partial charge in [0, 0.05) is 31.2 Å². The second-order valence-electron chi connectivity index (χ2n) is 4.17. The number of rotatable bonds is 4. The van der Waals surface area contributed by atoms with E-state index < -0.39 is 10.0 Å². The lowest BCUT2D eigenvalue weighted by atomic mass is 10.3. The molecule has 0 aliphatic heterocycles. The van der Waals surface area contributed by atoms with E-state index in [0.717, 1.165) is 0 Å². The van der Waals surface area contributed by atoms with Crippen LogP contribution in [0.4, 0.5) is 0 Å². The van der Waals surface area contributed by atoms with Crippen LogP contribution >= 0.6 is 0 Å². The summed E-state index contributed by atoms with van der Waals surface area (Å²) >= 11 is 0. The predicted octanol–water partition coefficient (Wildman–Crippen LogP) is -0.363. The topological polar surface area (TPSA) is 97.1 Å². The highest BCUT2D eigenvalue weighted by atomic mass is 32.2. The molecule has 0 unspecified atom stereocenters. The molecule has 0 spiro atoms. The van der Waals surface area contributed by atoms with Crippen LogP contribution in [0.15, 0.2) is 35.6 Å². The third-order valence-electron chi connectivity index (χ3n) is 2.55. The summed E-state index contributed by atoms with van der Waals surface area (Å²) in [4.78, 5) is 3.86. The van der Waals surface area contributed by atoms with Gasteiger partial charge in [-0.05, 0) is 12.1 Å².